The molecular weight excluding hydrogens is 236 g/mol. The highest BCUT2D eigenvalue weighted by atomic mass is 32.2. The van der Waals surface area contributed by atoms with Crippen LogP contribution in [0.1, 0.15) is 19.3 Å². The molecule has 0 aliphatic heterocycles. The lowest BCUT2D eigenvalue weighted by atomic mass is 9.86. The molecule has 0 saturated heterocycles. The Kier molecular flexibility index (Phi) is 3.40. The molecule has 2 N–H and O–H groups in total. The molecule has 4 nitrogen and oxygen atoms in total. The van der Waals surface area contributed by atoms with Gasteiger partial charge in [0.2, 0.25) is 10.0 Å². The number of nitrogens with zero attached hydrogens (tertiary/aromatic N) is 1. The Hall–Kier alpha value is -1.07. The quantitative estimate of drug-likeness (QED) is 0.832. The van der Waals surface area contributed by atoms with E-state index < -0.39 is 10.0 Å². The lowest BCUT2D eigenvalue weighted by Gasteiger charge is -2.29. The van der Waals surface area contributed by atoms with E-state index in [1.54, 1.807) is 25.2 Å². The van der Waals surface area contributed by atoms with Gasteiger partial charge in [-0.1, -0.05) is 12.5 Å². The van der Waals surface area contributed by atoms with Gasteiger partial charge < -0.3 is 5.73 Å². The Morgan fingerprint density at radius 3 is 2.65 bits per heavy atom. The molecule has 0 heterocycles. The minimum absolute atomic E-state index is 0.277. The summed E-state index contributed by atoms with van der Waals surface area (Å²) in [4.78, 5) is 0.277. The standard InChI is InChI=1S/C12H18N2O2S/c1-14(9-10-4-2-5-10)17(15,16)12-7-3-6-11(13)8-12/h3,6-8,10H,2,4-5,9,13H2,1H3. The van der Waals surface area contributed by atoms with Crippen LogP contribution in [-0.4, -0.2) is 26.3 Å². The smallest absolute Gasteiger partial charge is 0.242 e. The van der Waals surface area contributed by atoms with Crippen LogP contribution in [0.5, 0.6) is 0 Å². The summed E-state index contributed by atoms with van der Waals surface area (Å²) in [5, 5.41) is 0. The third-order valence-electron chi connectivity index (χ3n) is 3.31. The molecule has 1 aliphatic carbocycles. The second-order valence-corrected chi connectivity index (χ2v) is 6.70. The van der Waals surface area contributed by atoms with Crippen molar-refractivity contribution in [3.05, 3.63) is 24.3 Å². The topological polar surface area (TPSA) is 63.4 Å². The lowest BCUT2D eigenvalue weighted by Crippen LogP contribution is -2.34. The molecule has 0 unspecified atom stereocenters. The fourth-order valence-electron chi connectivity index (χ4n) is 1.99. The van der Waals surface area contributed by atoms with Crippen LogP contribution in [0.2, 0.25) is 0 Å². The summed E-state index contributed by atoms with van der Waals surface area (Å²) in [6, 6.07) is 6.44. The van der Waals surface area contributed by atoms with Crippen molar-refractivity contribution >= 4 is 15.7 Å². The van der Waals surface area contributed by atoms with E-state index in [2.05, 4.69) is 0 Å². The maximum atomic E-state index is 12.2. The Bertz CT molecular complexity index is 495. The molecule has 0 atom stereocenters. The zero-order valence-electron chi connectivity index (χ0n) is 9.96. The van der Waals surface area contributed by atoms with Crippen molar-refractivity contribution in [3.8, 4) is 0 Å². The van der Waals surface area contributed by atoms with Crippen LogP contribution >= 0.6 is 0 Å². The molecule has 5 heteroatoms. The van der Waals surface area contributed by atoms with Gasteiger partial charge in [-0.05, 0) is 37.0 Å². The summed E-state index contributed by atoms with van der Waals surface area (Å²) in [6.07, 6.45) is 3.49. The average molecular weight is 254 g/mol. The first-order valence-corrected chi connectivity index (χ1v) is 7.26. The SMILES string of the molecule is CN(CC1CCC1)S(=O)(=O)c1cccc(N)c1. The maximum Gasteiger partial charge on any atom is 0.242 e. The van der Waals surface area contributed by atoms with E-state index in [0.717, 1.165) is 12.8 Å². The highest BCUT2D eigenvalue weighted by Gasteiger charge is 2.26. The molecule has 1 aromatic rings. The molecule has 17 heavy (non-hydrogen) atoms. The number of anilines is 1. The van der Waals surface area contributed by atoms with Gasteiger partial charge in [0.1, 0.15) is 0 Å². The van der Waals surface area contributed by atoms with Crippen molar-refractivity contribution < 1.29 is 8.42 Å². The third-order valence-corrected chi connectivity index (χ3v) is 5.13. The molecule has 0 aromatic heterocycles. The highest BCUT2D eigenvalue weighted by molar-refractivity contribution is 7.89. The van der Waals surface area contributed by atoms with Crippen LogP contribution in [0.15, 0.2) is 29.2 Å². The number of benzene rings is 1. The monoisotopic (exact) mass is 254 g/mol. The minimum atomic E-state index is -3.38. The number of hydrogen-bond acceptors (Lipinski definition) is 3. The largest absolute Gasteiger partial charge is 0.399 e. The van der Waals surface area contributed by atoms with E-state index in [-0.39, 0.29) is 4.90 Å². The fraction of sp³-hybridized carbons (Fsp3) is 0.500. The van der Waals surface area contributed by atoms with E-state index in [0.29, 0.717) is 18.2 Å². The normalized spacial score (nSPS) is 17.1. The van der Waals surface area contributed by atoms with E-state index in [4.69, 9.17) is 5.73 Å². The van der Waals surface area contributed by atoms with Crippen molar-refractivity contribution in [1.29, 1.82) is 0 Å². The van der Waals surface area contributed by atoms with Crippen LogP contribution in [0.25, 0.3) is 0 Å². The van der Waals surface area contributed by atoms with Crippen molar-refractivity contribution in [2.24, 2.45) is 5.92 Å². The first-order valence-electron chi connectivity index (χ1n) is 5.82. The first-order chi connectivity index (χ1) is 8.00. The molecule has 1 aliphatic rings. The van der Waals surface area contributed by atoms with Gasteiger partial charge in [0.15, 0.2) is 0 Å². The van der Waals surface area contributed by atoms with E-state index in [9.17, 15) is 8.42 Å². The van der Waals surface area contributed by atoms with Crippen LogP contribution in [-0.2, 0) is 10.0 Å². The van der Waals surface area contributed by atoms with Gasteiger partial charge in [-0.3, -0.25) is 0 Å². The molecule has 1 saturated carbocycles. The lowest BCUT2D eigenvalue weighted by molar-refractivity contribution is 0.263. The van der Waals surface area contributed by atoms with E-state index >= 15 is 0 Å². The zero-order valence-corrected chi connectivity index (χ0v) is 10.8. The number of nitrogens with two attached hydrogens (primary N) is 1. The van der Waals surface area contributed by atoms with Gasteiger partial charge in [-0.25, -0.2) is 12.7 Å². The summed E-state index contributed by atoms with van der Waals surface area (Å²) in [6.45, 7) is 0.608. The summed E-state index contributed by atoms with van der Waals surface area (Å²) in [5.41, 5.74) is 6.09. The molecular formula is C12H18N2O2S. The fourth-order valence-corrected chi connectivity index (χ4v) is 3.29. The zero-order chi connectivity index (χ0) is 12.5. The average Bonchev–Trinajstić information content (AvgIpc) is 2.23. The van der Waals surface area contributed by atoms with Crippen molar-refractivity contribution in [2.75, 3.05) is 19.3 Å². The number of nitrogen functional groups attached to an aromatic ring is 1. The van der Waals surface area contributed by atoms with E-state index in [1.807, 2.05) is 0 Å². The molecule has 1 fully saturated rings. The predicted octanol–water partition coefficient (Wildman–Crippen LogP) is 1.69. The summed E-state index contributed by atoms with van der Waals surface area (Å²) in [5.74, 6) is 0.524. The van der Waals surface area contributed by atoms with Crippen LogP contribution in [0, 0.1) is 5.92 Å². The summed E-state index contributed by atoms with van der Waals surface area (Å²) < 4.78 is 25.9. The van der Waals surface area contributed by atoms with Gasteiger partial charge in [0.05, 0.1) is 4.90 Å². The first kappa shape index (κ1) is 12.4. The van der Waals surface area contributed by atoms with Crippen LogP contribution < -0.4 is 5.73 Å². The van der Waals surface area contributed by atoms with Crippen LogP contribution in [0.3, 0.4) is 0 Å². The second-order valence-electron chi connectivity index (χ2n) is 4.65. The van der Waals surface area contributed by atoms with Crippen molar-refractivity contribution in [3.63, 3.8) is 0 Å². The van der Waals surface area contributed by atoms with Crippen molar-refractivity contribution in [1.82, 2.24) is 4.31 Å². The van der Waals surface area contributed by atoms with Crippen molar-refractivity contribution in [2.45, 2.75) is 24.2 Å². The van der Waals surface area contributed by atoms with E-state index in [1.165, 1.54) is 16.8 Å². The third kappa shape index (κ3) is 2.61. The van der Waals surface area contributed by atoms with Gasteiger partial charge in [0, 0.05) is 19.3 Å². The molecule has 0 radical (unpaired) electrons. The summed E-state index contributed by atoms with van der Waals surface area (Å²) >= 11 is 0. The Morgan fingerprint density at radius 1 is 1.41 bits per heavy atom. The Morgan fingerprint density at radius 2 is 2.12 bits per heavy atom. The van der Waals surface area contributed by atoms with Gasteiger partial charge in [-0.2, -0.15) is 0 Å². The predicted molar refractivity (Wildman–Crippen MR) is 68.0 cm³/mol. The molecule has 0 bridgehead atoms. The molecule has 0 amide bonds. The van der Waals surface area contributed by atoms with Gasteiger partial charge in [0.25, 0.3) is 0 Å². The molecule has 0 spiro atoms. The second kappa shape index (κ2) is 4.66. The maximum absolute atomic E-state index is 12.2. The van der Waals surface area contributed by atoms with Crippen LogP contribution in [0.4, 0.5) is 5.69 Å². The molecule has 94 valence electrons. The minimum Gasteiger partial charge on any atom is -0.399 e. The number of hydrogen-bond donors (Lipinski definition) is 1. The molecule has 1 aromatic carbocycles. The molecule has 2 rings (SSSR count). The van der Waals surface area contributed by atoms with Gasteiger partial charge >= 0.3 is 0 Å². The Balaban J connectivity index is 2.16. The number of sulfonamides is 1. The Labute approximate surface area is 102 Å². The highest BCUT2D eigenvalue weighted by Crippen LogP contribution is 2.28. The summed E-state index contributed by atoms with van der Waals surface area (Å²) in [7, 11) is -1.74. The van der Waals surface area contributed by atoms with Gasteiger partial charge in [-0.15, -0.1) is 0 Å². The number of rotatable bonds is 4.